The zero-order chi connectivity index (χ0) is 12.6. The Morgan fingerprint density at radius 2 is 2.00 bits per heavy atom. The standard InChI is InChI=1S/C11H11F3N2S/c1-6(2)17-10-4-9-8(15-5-16-9)3-7(10)11(12,13)14/h3-6H,1-2H3,(H,15,16). The first-order chi connectivity index (χ1) is 7.88. The van der Waals surface area contributed by atoms with Crippen LogP contribution in [-0.2, 0) is 6.18 Å². The number of hydrogen-bond acceptors (Lipinski definition) is 2. The lowest BCUT2D eigenvalue weighted by Crippen LogP contribution is -2.07. The third-order valence-electron chi connectivity index (χ3n) is 2.19. The van der Waals surface area contributed by atoms with Gasteiger partial charge in [-0.25, -0.2) is 4.98 Å². The van der Waals surface area contributed by atoms with Gasteiger partial charge in [0, 0.05) is 10.1 Å². The molecule has 6 heteroatoms. The van der Waals surface area contributed by atoms with E-state index in [1.807, 2.05) is 13.8 Å². The lowest BCUT2D eigenvalue weighted by atomic mass is 10.2. The lowest BCUT2D eigenvalue weighted by molar-refractivity contribution is -0.139. The molecule has 0 aliphatic rings. The second kappa shape index (κ2) is 4.25. The van der Waals surface area contributed by atoms with E-state index in [1.54, 1.807) is 0 Å². The molecule has 0 bridgehead atoms. The summed E-state index contributed by atoms with van der Waals surface area (Å²) in [6, 6.07) is 2.60. The third-order valence-corrected chi connectivity index (χ3v) is 3.25. The number of imidazole rings is 1. The molecular weight excluding hydrogens is 249 g/mol. The van der Waals surface area contributed by atoms with Gasteiger partial charge in [-0.1, -0.05) is 13.8 Å². The summed E-state index contributed by atoms with van der Waals surface area (Å²) in [5.41, 5.74) is 0.361. The predicted octanol–water partition coefficient (Wildman–Crippen LogP) is 4.08. The van der Waals surface area contributed by atoms with Gasteiger partial charge in [0.15, 0.2) is 0 Å². The van der Waals surface area contributed by atoms with Crippen molar-refractivity contribution in [2.24, 2.45) is 0 Å². The fourth-order valence-corrected chi connectivity index (χ4v) is 2.52. The fraction of sp³-hybridized carbons (Fsp3) is 0.364. The number of nitrogens with one attached hydrogen (secondary N) is 1. The largest absolute Gasteiger partial charge is 0.417 e. The summed E-state index contributed by atoms with van der Waals surface area (Å²) in [4.78, 5) is 6.89. The maximum absolute atomic E-state index is 12.9. The summed E-state index contributed by atoms with van der Waals surface area (Å²) in [5, 5.41) is 0.0903. The van der Waals surface area contributed by atoms with Gasteiger partial charge in [0.1, 0.15) is 0 Å². The van der Waals surface area contributed by atoms with Crippen molar-refractivity contribution >= 4 is 22.8 Å². The summed E-state index contributed by atoms with van der Waals surface area (Å²) in [7, 11) is 0. The fourth-order valence-electron chi connectivity index (χ4n) is 1.54. The van der Waals surface area contributed by atoms with Crippen LogP contribution in [0.5, 0.6) is 0 Å². The molecule has 2 nitrogen and oxygen atoms in total. The first kappa shape index (κ1) is 12.3. The highest BCUT2D eigenvalue weighted by atomic mass is 32.2. The number of rotatable bonds is 2. The van der Waals surface area contributed by atoms with Gasteiger partial charge < -0.3 is 4.98 Å². The highest BCUT2D eigenvalue weighted by Gasteiger charge is 2.34. The molecule has 0 spiro atoms. The van der Waals surface area contributed by atoms with E-state index in [-0.39, 0.29) is 10.1 Å². The van der Waals surface area contributed by atoms with Crippen LogP contribution in [0.15, 0.2) is 23.4 Å². The van der Waals surface area contributed by atoms with Gasteiger partial charge in [-0.2, -0.15) is 13.2 Å². The van der Waals surface area contributed by atoms with E-state index in [9.17, 15) is 13.2 Å². The van der Waals surface area contributed by atoms with Gasteiger partial charge in [-0.3, -0.25) is 0 Å². The molecule has 0 aliphatic carbocycles. The van der Waals surface area contributed by atoms with Crippen molar-refractivity contribution in [3.63, 3.8) is 0 Å². The second-order valence-corrected chi connectivity index (χ2v) is 5.55. The summed E-state index contributed by atoms with van der Waals surface area (Å²) >= 11 is 1.20. The molecule has 0 radical (unpaired) electrons. The summed E-state index contributed by atoms with van der Waals surface area (Å²) < 4.78 is 38.7. The highest BCUT2D eigenvalue weighted by Crippen LogP contribution is 2.39. The minimum atomic E-state index is -4.34. The summed E-state index contributed by atoms with van der Waals surface area (Å²) in [6.45, 7) is 3.72. The Hall–Kier alpha value is -1.17. The maximum atomic E-state index is 12.9. The number of benzene rings is 1. The van der Waals surface area contributed by atoms with Gasteiger partial charge in [-0.05, 0) is 12.1 Å². The van der Waals surface area contributed by atoms with Crippen LogP contribution in [-0.4, -0.2) is 15.2 Å². The average Bonchev–Trinajstić information content (AvgIpc) is 2.60. The first-order valence-corrected chi connectivity index (χ1v) is 5.97. The normalized spacial score (nSPS) is 12.6. The zero-order valence-corrected chi connectivity index (χ0v) is 10.1. The van der Waals surface area contributed by atoms with Crippen molar-refractivity contribution in [3.05, 3.63) is 24.0 Å². The molecule has 92 valence electrons. The number of fused-ring (bicyclic) bond motifs is 1. The molecule has 17 heavy (non-hydrogen) atoms. The molecule has 1 heterocycles. The van der Waals surface area contributed by atoms with Crippen LogP contribution in [0.3, 0.4) is 0 Å². The molecule has 0 amide bonds. The van der Waals surface area contributed by atoms with Crippen LogP contribution in [0, 0.1) is 0 Å². The Labute approximate surface area is 101 Å². The summed E-state index contributed by atoms with van der Waals surface area (Å²) in [5.74, 6) is 0. The van der Waals surface area contributed by atoms with E-state index in [1.165, 1.54) is 24.2 Å². The minimum absolute atomic E-state index is 0.0903. The number of nitrogens with zero attached hydrogens (tertiary/aromatic N) is 1. The molecule has 0 unspecified atom stereocenters. The number of alkyl halides is 3. The Kier molecular flexibility index (Phi) is 3.07. The van der Waals surface area contributed by atoms with E-state index in [0.29, 0.717) is 11.0 Å². The molecule has 2 aromatic rings. The first-order valence-electron chi connectivity index (χ1n) is 5.09. The van der Waals surface area contributed by atoms with Crippen molar-refractivity contribution in [1.82, 2.24) is 9.97 Å². The van der Waals surface area contributed by atoms with E-state index in [0.717, 1.165) is 6.07 Å². The van der Waals surface area contributed by atoms with Crippen LogP contribution < -0.4 is 0 Å². The van der Waals surface area contributed by atoms with Gasteiger partial charge in [0.05, 0.1) is 22.9 Å². The van der Waals surface area contributed by atoms with Crippen molar-refractivity contribution in [2.45, 2.75) is 30.2 Å². The Morgan fingerprint density at radius 3 is 2.59 bits per heavy atom. The number of hydrogen-bond donors (Lipinski definition) is 1. The molecule has 0 aliphatic heterocycles. The van der Waals surface area contributed by atoms with Crippen LogP contribution in [0.25, 0.3) is 11.0 Å². The number of aromatic nitrogens is 2. The molecule has 2 rings (SSSR count). The van der Waals surface area contributed by atoms with Crippen molar-refractivity contribution in [3.8, 4) is 0 Å². The summed E-state index contributed by atoms with van der Waals surface area (Å²) in [6.07, 6.45) is -2.94. The molecule has 0 fully saturated rings. The predicted molar refractivity (Wildman–Crippen MR) is 62.1 cm³/mol. The Bertz CT molecular complexity index is 531. The number of thioether (sulfide) groups is 1. The molecule has 1 aromatic carbocycles. The van der Waals surface area contributed by atoms with Crippen LogP contribution in [0.2, 0.25) is 0 Å². The zero-order valence-electron chi connectivity index (χ0n) is 9.30. The molecule has 0 saturated carbocycles. The second-order valence-electron chi connectivity index (χ2n) is 3.93. The quantitative estimate of drug-likeness (QED) is 0.824. The topological polar surface area (TPSA) is 28.7 Å². The van der Waals surface area contributed by atoms with E-state index in [2.05, 4.69) is 9.97 Å². The Morgan fingerprint density at radius 1 is 1.29 bits per heavy atom. The molecule has 1 aromatic heterocycles. The lowest BCUT2D eigenvalue weighted by Gasteiger charge is -2.14. The number of halogens is 3. The monoisotopic (exact) mass is 260 g/mol. The Balaban J connectivity index is 2.59. The third kappa shape index (κ3) is 2.57. The highest BCUT2D eigenvalue weighted by molar-refractivity contribution is 8.00. The van der Waals surface area contributed by atoms with Crippen molar-refractivity contribution < 1.29 is 13.2 Å². The van der Waals surface area contributed by atoms with Crippen LogP contribution in [0.4, 0.5) is 13.2 Å². The van der Waals surface area contributed by atoms with Gasteiger partial charge in [0.2, 0.25) is 0 Å². The van der Waals surface area contributed by atoms with Gasteiger partial charge in [0.25, 0.3) is 0 Å². The van der Waals surface area contributed by atoms with Crippen molar-refractivity contribution in [2.75, 3.05) is 0 Å². The number of aromatic amines is 1. The van der Waals surface area contributed by atoms with E-state index < -0.39 is 11.7 Å². The van der Waals surface area contributed by atoms with Crippen LogP contribution in [0.1, 0.15) is 19.4 Å². The van der Waals surface area contributed by atoms with Gasteiger partial charge >= 0.3 is 6.18 Å². The van der Waals surface area contributed by atoms with E-state index in [4.69, 9.17) is 0 Å². The van der Waals surface area contributed by atoms with Crippen molar-refractivity contribution in [1.29, 1.82) is 0 Å². The SMILES string of the molecule is CC(C)Sc1cc2nc[nH]c2cc1C(F)(F)F. The van der Waals surface area contributed by atoms with Crippen LogP contribution >= 0.6 is 11.8 Å². The smallest absolute Gasteiger partial charge is 0.345 e. The molecule has 0 saturated heterocycles. The molecular formula is C11H11F3N2S. The number of H-pyrrole nitrogens is 1. The van der Waals surface area contributed by atoms with Gasteiger partial charge in [-0.15, -0.1) is 11.8 Å². The average molecular weight is 260 g/mol. The van der Waals surface area contributed by atoms with E-state index >= 15 is 0 Å². The maximum Gasteiger partial charge on any atom is 0.417 e. The molecule has 1 N–H and O–H groups in total. The minimum Gasteiger partial charge on any atom is -0.345 e. The molecule has 0 atom stereocenters.